The lowest BCUT2D eigenvalue weighted by Crippen LogP contribution is -2.60. The second-order valence-electron chi connectivity index (χ2n) is 11.8. The molecule has 2 aliphatic rings. The molecule has 0 aliphatic carbocycles. The Labute approximate surface area is 212 Å². The maximum atomic E-state index is 15.0. The molecule has 4 aromatic rings. The van der Waals surface area contributed by atoms with Crippen LogP contribution in [0, 0.1) is 0 Å². The summed E-state index contributed by atoms with van der Waals surface area (Å²) in [7, 11) is 1.79. The van der Waals surface area contributed by atoms with Crippen molar-refractivity contribution >= 4 is 21.8 Å². The first-order valence-electron chi connectivity index (χ1n) is 13.1. The third-order valence-electron chi connectivity index (χ3n) is 8.10. The van der Waals surface area contributed by atoms with Gasteiger partial charge in [0.2, 0.25) is 0 Å². The lowest BCUT2D eigenvalue weighted by Gasteiger charge is -2.46. The number of nitrogens with zero attached hydrogens (tertiary/aromatic N) is 2. The van der Waals surface area contributed by atoms with Gasteiger partial charge in [0, 0.05) is 72.5 Å². The predicted octanol–water partition coefficient (Wildman–Crippen LogP) is 5.95. The fraction of sp³-hybridized carbons (Fsp3) is 0.467. The molecule has 1 fully saturated rings. The molecule has 2 aromatic heterocycles. The molecule has 0 radical (unpaired) electrons. The first-order valence-corrected chi connectivity index (χ1v) is 13.1. The fourth-order valence-electron chi connectivity index (χ4n) is 6.39. The van der Waals surface area contributed by atoms with Crippen LogP contribution in [0.4, 0.5) is 4.39 Å². The van der Waals surface area contributed by atoms with Gasteiger partial charge in [-0.25, -0.2) is 4.39 Å². The maximum Gasteiger partial charge on any atom is 0.118 e. The number of nitrogens with one attached hydrogen (secondary N) is 2. The van der Waals surface area contributed by atoms with E-state index in [0.717, 1.165) is 37.1 Å². The van der Waals surface area contributed by atoms with E-state index in [0.29, 0.717) is 6.54 Å². The van der Waals surface area contributed by atoms with Crippen LogP contribution in [0.25, 0.3) is 21.8 Å². The zero-order chi connectivity index (χ0) is 25.2. The molecule has 190 valence electrons. The monoisotopic (exact) mass is 488 g/mol. The number of ether oxygens (including phenoxy) is 1. The van der Waals surface area contributed by atoms with Crippen LogP contribution in [0.2, 0.25) is 0 Å². The van der Waals surface area contributed by atoms with Crippen molar-refractivity contribution in [3.05, 3.63) is 71.0 Å². The number of methoxy groups -OCH3 is 1. The van der Waals surface area contributed by atoms with Crippen LogP contribution in [0.1, 0.15) is 56.3 Å². The van der Waals surface area contributed by atoms with E-state index in [4.69, 9.17) is 4.74 Å². The van der Waals surface area contributed by atoms with Crippen LogP contribution in [0.3, 0.4) is 0 Å². The third-order valence-corrected chi connectivity index (χ3v) is 8.10. The van der Waals surface area contributed by atoms with Gasteiger partial charge in [0.15, 0.2) is 0 Å². The van der Waals surface area contributed by atoms with Crippen molar-refractivity contribution < 1.29 is 9.13 Å². The van der Waals surface area contributed by atoms with Gasteiger partial charge in [0.05, 0.1) is 11.6 Å². The smallest absolute Gasteiger partial charge is 0.118 e. The summed E-state index contributed by atoms with van der Waals surface area (Å²) in [6.45, 7) is 10.9. The highest BCUT2D eigenvalue weighted by Gasteiger charge is 2.40. The van der Waals surface area contributed by atoms with Crippen molar-refractivity contribution in [1.29, 1.82) is 0 Å². The lowest BCUT2D eigenvalue weighted by molar-refractivity contribution is -0.114. The molecule has 2 N–H and O–H groups in total. The van der Waals surface area contributed by atoms with Gasteiger partial charge in [-0.3, -0.25) is 9.80 Å². The van der Waals surface area contributed by atoms with Gasteiger partial charge in [-0.05, 0) is 69.5 Å². The topological polar surface area (TPSA) is 47.3 Å². The predicted molar refractivity (Wildman–Crippen MR) is 144 cm³/mol. The Morgan fingerprint density at radius 2 is 1.86 bits per heavy atom. The number of para-hydroxylation sites is 1. The zero-order valence-electron chi connectivity index (χ0n) is 22.0. The van der Waals surface area contributed by atoms with Gasteiger partial charge in [-0.15, -0.1) is 0 Å². The SMILES string of the molecule is COC1(C)CN(Cc2cc3cc([C@@H]4c5[nH]c6ccccc6c5C[C@@H](C)N4CC(C)(C)F)ccc3[nH]2)C1. The summed E-state index contributed by atoms with van der Waals surface area (Å²) in [6.07, 6.45) is 0.915. The molecule has 1 saturated heterocycles. The van der Waals surface area contributed by atoms with Crippen LogP contribution < -0.4 is 0 Å². The van der Waals surface area contributed by atoms with E-state index >= 15 is 4.39 Å². The van der Waals surface area contributed by atoms with Crippen LogP contribution in [0.5, 0.6) is 0 Å². The van der Waals surface area contributed by atoms with E-state index in [-0.39, 0.29) is 17.7 Å². The van der Waals surface area contributed by atoms with Crippen molar-refractivity contribution in [3.8, 4) is 0 Å². The summed E-state index contributed by atoms with van der Waals surface area (Å²) in [5, 5.41) is 2.49. The molecule has 5 nitrogen and oxygen atoms in total. The second-order valence-corrected chi connectivity index (χ2v) is 11.8. The van der Waals surface area contributed by atoms with Crippen LogP contribution in [0.15, 0.2) is 48.5 Å². The number of rotatable bonds is 6. The van der Waals surface area contributed by atoms with Crippen molar-refractivity contribution in [2.75, 3.05) is 26.7 Å². The van der Waals surface area contributed by atoms with Gasteiger partial charge in [0.1, 0.15) is 5.67 Å². The van der Waals surface area contributed by atoms with Gasteiger partial charge < -0.3 is 14.7 Å². The first-order chi connectivity index (χ1) is 17.1. The van der Waals surface area contributed by atoms with Crippen LogP contribution in [-0.2, 0) is 17.7 Å². The average molecular weight is 489 g/mol. The van der Waals surface area contributed by atoms with E-state index in [1.165, 1.54) is 33.3 Å². The number of aromatic amines is 2. The summed E-state index contributed by atoms with van der Waals surface area (Å²) < 4.78 is 20.6. The highest BCUT2D eigenvalue weighted by Crippen LogP contribution is 2.42. The molecule has 0 saturated carbocycles. The zero-order valence-corrected chi connectivity index (χ0v) is 22.0. The summed E-state index contributed by atoms with van der Waals surface area (Å²) in [5.74, 6) is 0. The van der Waals surface area contributed by atoms with Gasteiger partial charge in [-0.2, -0.15) is 0 Å². The highest BCUT2D eigenvalue weighted by molar-refractivity contribution is 5.86. The molecule has 4 heterocycles. The normalized spacial score (nSPS) is 22.7. The molecular formula is C30H37FN4O. The van der Waals surface area contributed by atoms with Gasteiger partial charge in [-0.1, -0.05) is 24.3 Å². The minimum atomic E-state index is -1.28. The maximum absolute atomic E-state index is 15.0. The second kappa shape index (κ2) is 8.44. The molecule has 0 amide bonds. The molecule has 0 unspecified atom stereocenters. The summed E-state index contributed by atoms with van der Waals surface area (Å²) in [6, 6.07) is 17.7. The first kappa shape index (κ1) is 23.7. The number of hydrogen-bond acceptors (Lipinski definition) is 3. The van der Waals surface area contributed by atoms with Gasteiger partial charge >= 0.3 is 0 Å². The fourth-order valence-corrected chi connectivity index (χ4v) is 6.39. The van der Waals surface area contributed by atoms with E-state index in [1.54, 1.807) is 21.0 Å². The van der Waals surface area contributed by atoms with E-state index in [1.807, 2.05) is 0 Å². The molecule has 2 aromatic carbocycles. The quantitative estimate of drug-likeness (QED) is 0.352. The number of halogens is 1. The Hall–Kier alpha value is -2.67. The summed E-state index contributed by atoms with van der Waals surface area (Å²) in [5.41, 5.74) is 5.97. The van der Waals surface area contributed by atoms with Crippen LogP contribution in [-0.4, -0.2) is 63.8 Å². The summed E-state index contributed by atoms with van der Waals surface area (Å²) in [4.78, 5) is 12.1. The number of aromatic nitrogens is 2. The molecule has 6 rings (SSSR count). The number of alkyl halides is 1. The molecule has 6 heteroatoms. The van der Waals surface area contributed by atoms with Crippen molar-refractivity contribution in [2.45, 2.75) is 64.0 Å². The van der Waals surface area contributed by atoms with Gasteiger partial charge in [0.25, 0.3) is 0 Å². The minimum Gasteiger partial charge on any atom is -0.376 e. The Morgan fingerprint density at radius 3 is 2.61 bits per heavy atom. The number of benzene rings is 2. The molecule has 2 aliphatic heterocycles. The van der Waals surface area contributed by atoms with E-state index < -0.39 is 5.67 Å². The lowest BCUT2D eigenvalue weighted by atomic mass is 9.87. The standard InChI is InChI=1S/C30H37FN4O/c1-19-12-24-23-8-6-7-9-26(23)33-27(24)28(35(19)16-29(2,3)31)20-10-11-25-21(13-20)14-22(32-25)15-34-17-30(4,18-34)36-5/h6-11,13-14,19,28,32-33H,12,15-18H2,1-5H3/t19-,28-/m1/s1. The Balaban J connectivity index is 1.38. The summed E-state index contributed by atoms with van der Waals surface area (Å²) >= 11 is 0. The van der Waals surface area contributed by atoms with Crippen molar-refractivity contribution in [1.82, 2.24) is 19.8 Å². The largest absolute Gasteiger partial charge is 0.376 e. The molecule has 2 atom stereocenters. The molecule has 0 spiro atoms. The number of likely N-dealkylation sites (tertiary alicyclic amines) is 1. The van der Waals surface area contributed by atoms with E-state index in [2.05, 4.69) is 82.1 Å². The molecule has 0 bridgehead atoms. The third kappa shape index (κ3) is 4.15. The Kier molecular flexibility index (Phi) is 5.56. The van der Waals surface area contributed by atoms with Crippen LogP contribution >= 0.6 is 0 Å². The highest BCUT2D eigenvalue weighted by atomic mass is 19.1. The average Bonchev–Trinajstić information content (AvgIpc) is 3.37. The van der Waals surface area contributed by atoms with Crippen molar-refractivity contribution in [2.24, 2.45) is 0 Å². The number of H-pyrrole nitrogens is 2. The van der Waals surface area contributed by atoms with E-state index in [9.17, 15) is 0 Å². The van der Waals surface area contributed by atoms with Crippen molar-refractivity contribution in [3.63, 3.8) is 0 Å². The Morgan fingerprint density at radius 1 is 1.08 bits per heavy atom. The Bertz CT molecular complexity index is 1410. The number of fused-ring (bicyclic) bond motifs is 4. The number of hydrogen-bond donors (Lipinski definition) is 2. The minimum absolute atomic E-state index is 0.0216. The molecule has 36 heavy (non-hydrogen) atoms. The molecular weight excluding hydrogens is 451 g/mol.